The monoisotopic (exact) mass is 545 g/mol. The van der Waals surface area contributed by atoms with Gasteiger partial charge in [0.2, 0.25) is 0 Å². The van der Waals surface area contributed by atoms with Gasteiger partial charge >= 0.3 is 0 Å². The number of halogens is 1. The molecule has 0 radical (unpaired) electrons. The molecule has 0 bridgehead atoms. The van der Waals surface area contributed by atoms with Crippen molar-refractivity contribution in [2.24, 2.45) is 0 Å². The molecular weight excluding hydrogens is 513 g/mol. The third kappa shape index (κ3) is 5.69. The number of ether oxygens (including phenoxy) is 2. The molecule has 2 aliphatic heterocycles. The Balaban J connectivity index is 1.11. The van der Waals surface area contributed by atoms with Crippen LogP contribution in [0.5, 0.6) is 5.75 Å². The van der Waals surface area contributed by atoms with E-state index in [9.17, 15) is 9.18 Å². The van der Waals surface area contributed by atoms with Crippen molar-refractivity contribution >= 4 is 33.5 Å². The van der Waals surface area contributed by atoms with Crippen molar-refractivity contribution in [3.63, 3.8) is 0 Å². The van der Waals surface area contributed by atoms with Crippen LogP contribution in [0.1, 0.15) is 52.0 Å². The number of imidazole rings is 1. The first-order valence-electron chi connectivity index (χ1n) is 13.6. The van der Waals surface area contributed by atoms with Gasteiger partial charge in [0.25, 0.3) is 0 Å². The Morgan fingerprint density at radius 2 is 2.13 bits per heavy atom. The quantitative estimate of drug-likeness (QED) is 0.220. The fourth-order valence-corrected chi connectivity index (χ4v) is 6.11. The van der Waals surface area contributed by atoms with Gasteiger partial charge in [-0.15, -0.1) is 11.3 Å². The summed E-state index contributed by atoms with van der Waals surface area (Å²) in [5, 5.41) is 0. The van der Waals surface area contributed by atoms with Crippen LogP contribution in [0.15, 0.2) is 54.6 Å². The maximum Gasteiger partial charge on any atom is 0.160 e. The lowest BCUT2D eigenvalue weighted by atomic mass is 9.99. The fraction of sp³-hybridized carbons (Fsp3) is 0.355. The molecular formula is C31H32FN3O3S. The van der Waals surface area contributed by atoms with E-state index in [1.165, 1.54) is 16.9 Å². The number of rotatable bonds is 10. The smallest absolute Gasteiger partial charge is 0.160 e. The molecule has 4 heterocycles. The minimum absolute atomic E-state index is 0.205. The molecule has 2 aromatic carbocycles. The van der Waals surface area contributed by atoms with Crippen LogP contribution >= 0.6 is 11.3 Å². The van der Waals surface area contributed by atoms with E-state index in [4.69, 9.17) is 14.5 Å². The molecule has 0 aliphatic carbocycles. The summed E-state index contributed by atoms with van der Waals surface area (Å²) in [5.41, 5.74) is 4.87. The van der Waals surface area contributed by atoms with Gasteiger partial charge in [-0.05, 0) is 60.2 Å². The molecule has 4 aromatic rings. The Kier molecular flexibility index (Phi) is 7.59. The molecule has 1 fully saturated rings. The molecule has 0 amide bonds. The Morgan fingerprint density at radius 3 is 2.85 bits per heavy atom. The predicted octanol–water partition coefficient (Wildman–Crippen LogP) is 6.27. The minimum Gasteiger partial charge on any atom is -0.489 e. The van der Waals surface area contributed by atoms with E-state index >= 15 is 0 Å². The zero-order valence-electron chi connectivity index (χ0n) is 22.1. The Morgan fingerprint density at radius 1 is 1.23 bits per heavy atom. The number of carbonyl (C=O) groups is 1. The van der Waals surface area contributed by atoms with Gasteiger partial charge in [0.15, 0.2) is 6.29 Å². The van der Waals surface area contributed by atoms with Crippen molar-refractivity contribution in [3.8, 4) is 5.75 Å². The topological polar surface area (TPSA) is 56.6 Å². The highest BCUT2D eigenvalue weighted by atomic mass is 32.1. The van der Waals surface area contributed by atoms with Crippen LogP contribution in [0.4, 0.5) is 4.39 Å². The van der Waals surface area contributed by atoms with E-state index in [-0.39, 0.29) is 18.5 Å². The van der Waals surface area contributed by atoms with Crippen molar-refractivity contribution in [1.29, 1.82) is 0 Å². The van der Waals surface area contributed by atoms with Crippen molar-refractivity contribution in [2.75, 3.05) is 19.7 Å². The molecule has 2 aromatic heterocycles. The van der Waals surface area contributed by atoms with Crippen LogP contribution in [0.3, 0.4) is 0 Å². The lowest BCUT2D eigenvalue weighted by molar-refractivity contribution is -0.0591. The van der Waals surface area contributed by atoms with E-state index < -0.39 is 0 Å². The zero-order chi connectivity index (χ0) is 26.8. The summed E-state index contributed by atoms with van der Waals surface area (Å²) in [5.74, 6) is 1.55. The van der Waals surface area contributed by atoms with Crippen molar-refractivity contribution in [3.05, 3.63) is 87.8 Å². The first-order valence-corrected chi connectivity index (χ1v) is 14.4. The van der Waals surface area contributed by atoms with Gasteiger partial charge in [0, 0.05) is 25.3 Å². The summed E-state index contributed by atoms with van der Waals surface area (Å²) in [6, 6.07) is 15.3. The number of hydrogen-bond acceptors (Lipinski definition) is 6. The summed E-state index contributed by atoms with van der Waals surface area (Å²) in [7, 11) is 0. The first kappa shape index (κ1) is 25.9. The molecule has 202 valence electrons. The summed E-state index contributed by atoms with van der Waals surface area (Å²) in [6.07, 6.45) is 6.19. The summed E-state index contributed by atoms with van der Waals surface area (Å²) < 4.78 is 28.3. The van der Waals surface area contributed by atoms with Gasteiger partial charge in [-0.25, -0.2) is 9.37 Å². The van der Waals surface area contributed by atoms with Gasteiger partial charge < -0.3 is 14.0 Å². The molecule has 0 saturated carbocycles. The fourth-order valence-electron chi connectivity index (χ4n) is 5.17. The average molecular weight is 546 g/mol. The van der Waals surface area contributed by atoms with Crippen LogP contribution in [0, 0.1) is 5.82 Å². The summed E-state index contributed by atoms with van der Waals surface area (Å²) in [6.45, 7) is 6.32. The van der Waals surface area contributed by atoms with Crippen molar-refractivity contribution in [2.45, 2.75) is 52.0 Å². The normalized spacial score (nSPS) is 17.7. The number of fused-ring (bicyclic) bond motifs is 1. The van der Waals surface area contributed by atoms with Gasteiger partial charge in [0.05, 0.1) is 24.1 Å². The lowest BCUT2D eigenvalue weighted by Gasteiger charge is -2.29. The Bertz CT molecular complexity index is 1520. The molecule has 1 atom stereocenters. The number of benzene rings is 2. The van der Waals surface area contributed by atoms with Crippen molar-refractivity contribution < 1.29 is 18.7 Å². The predicted molar refractivity (Wildman–Crippen MR) is 152 cm³/mol. The van der Waals surface area contributed by atoms with Gasteiger partial charge in [-0.1, -0.05) is 37.3 Å². The maximum absolute atomic E-state index is 14.4. The molecule has 8 heteroatoms. The highest BCUT2D eigenvalue weighted by Gasteiger charge is 2.24. The number of aldehydes is 1. The highest BCUT2D eigenvalue weighted by molar-refractivity contribution is 7.20. The van der Waals surface area contributed by atoms with Gasteiger partial charge in [-0.3, -0.25) is 9.69 Å². The van der Waals surface area contributed by atoms with Crippen LogP contribution in [0.25, 0.3) is 15.9 Å². The van der Waals surface area contributed by atoms with E-state index in [0.717, 1.165) is 91.4 Å². The first-order chi connectivity index (χ1) is 19.1. The third-order valence-corrected chi connectivity index (χ3v) is 8.67. The van der Waals surface area contributed by atoms with Crippen LogP contribution in [0.2, 0.25) is 0 Å². The number of aryl methyl sites for hydroxylation is 1. The molecule has 6 rings (SSSR count). The van der Waals surface area contributed by atoms with E-state index in [0.29, 0.717) is 10.4 Å². The molecule has 6 nitrogen and oxygen atoms in total. The largest absolute Gasteiger partial charge is 0.489 e. The standard InChI is InChI=1S/C31H32FN3O3S/c1-2-21-6-7-24(28(32)14-21)20-38-25-5-3-4-23(15-25)22-8-11-34(12-9-22)18-30-33-29-16-27(19-36)39-31(29)35(30)17-26-10-13-37-26/h3-8,14-16,19,26H,2,9-13,17-18,20H2,1H3. The van der Waals surface area contributed by atoms with Crippen LogP contribution in [-0.4, -0.2) is 46.5 Å². The molecule has 1 saturated heterocycles. The van der Waals surface area contributed by atoms with E-state index in [1.54, 1.807) is 6.07 Å². The number of hydrogen-bond donors (Lipinski definition) is 0. The summed E-state index contributed by atoms with van der Waals surface area (Å²) >= 11 is 1.50. The average Bonchev–Trinajstić information content (AvgIpc) is 3.48. The molecule has 0 N–H and O–H groups in total. The summed E-state index contributed by atoms with van der Waals surface area (Å²) in [4.78, 5) is 20.3. The third-order valence-electron chi connectivity index (χ3n) is 7.60. The van der Waals surface area contributed by atoms with Crippen LogP contribution < -0.4 is 4.74 Å². The highest BCUT2D eigenvalue weighted by Crippen LogP contribution is 2.30. The number of carbonyl (C=O) groups excluding carboxylic acids is 1. The van der Waals surface area contributed by atoms with E-state index in [1.807, 2.05) is 43.3 Å². The number of nitrogens with zero attached hydrogens (tertiary/aromatic N) is 3. The molecule has 2 aliphatic rings. The van der Waals surface area contributed by atoms with Crippen molar-refractivity contribution in [1.82, 2.24) is 14.5 Å². The van der Waals surface area contributed by atoms with Crippen LogP contribution in [-0.2, 0) is 30.9 Å². The second-order valence-electron chi connectivity index (χ2n) is 10.2. The second kappa shape index (κ2) is 11.4. The molecule has 1 unspecified atom stereocenters. The second-order valence-corrected chi connectivity index (χ2v) is 11.2. The Hall–Kier alpha value is -3.33. The molecule has 0 spiro atoms. The number of thiophene rings is 1. The minimum atomic E-state index is -0.217. The zero-order valence-corrected chi connectivity index (χ0v) is 22.9. The SMILES string of the molecule is CCc1ccc(COc2cccc(C3=CCN(Cc4nc5cc(C=O)sc5n4CC4CCO4)CC3)c2)c(F)c1. The van der Waals surface area contributed by atoms with E-state index in [2.05, 4.69) is 21.6 Å². The lowest BCUT2D eigenvalue weighted by Crippen LogP contribution is -2.33. The number of aromatic nitrogens is 2. The maximum atomic E-state index is 14.4. The Labute approximate surface area is 231 Å². The van der Waals surface area contributed by atoms with Gasteiger partial charge in [-0.2, -0.15) is 0 Å². The molecule has 39 heavy (non-hydrogen) atoms. The van der Waals surface area contributed by atoms with Gasteiger partial charge in [0.1, 0.15) is 34.3 Å².